The summed E-state index contributed by atoms with van der Waals surface area (Å²) in [5, 5.41) is 18.3. The molecule has 1 unspecified atom stereocenters. The first-order chi connectivity index (χ1) is 12.1. The monoisotopic (exact) mass is 365 g/mol. The topological polar surface area (TPSA) is 76.8 Å². The molecule has 0 aliphatic carbocycles. The minimum absolute atomic E-state index is 0.188. The molecule has 1 N–H and O–H groups in total. The van der Waals surface area contributed by atoms with E-state index in [1.807, 2.05) is 13.0 Å². The van der Waals surface area contributed by atoms with E-state index in [0.29, 0.717) is 25.2 Å². The third kappa shape index (κ3) is 4.93. The van der Waals surface area contributed by atoms with E-state index >= 15 is 0 Å². The smallest absolute Gasteiger partial charge is 0.334 e. The van der Waals surface area contributed by atoms with Crippen molar-refractivity contribution in [2.75, 3.05) is 38.6 Å². The fourth-order valence-electron chi connectivity index (χ4n) is 3.21. The summed E-state index contributed by atoms with van der Waals surface area (Å²) in [5.41, 5.74) is 1.30. The predicted octanol–water partition coefficient (Wildman–Crippen LogP) is 2.65. The molecule has 25 heavy (non-hydrogen) atoms. The lowest BCUT2D eigenvalue weighted by molar-refractivity contribution is -0.133. The fourth-order valence-corrected chi connectivity index (χ4v) is 4.38. The van der Waals surface area contributed by atoms with Crippen LogP contribution in [0.25, 0.3) is 0 Å². The number of thioether (sulfide) groups is 1. The lowest BCUT2D eigenvalue weighted by Crippen LogP contribution is -2.48. The van der Waals surface area contributed by atoms with Crippen LogP contribution in [0.4, 0.5) is 0 Å². The summed E-state index contributed by atoms with van der Waals surface area (Å²) >= 11 is 1.66. The van der Waals surface area contributed by atoms with Crippen molar-refractivity contribution in [1.82, 2.24) is 9.80 Å². The van der Waals surface area contributed by atoms with Crippen molar-refractivity contribution in [3.8, 4) is 6.07 Å². The quantitative estimate of drug-likeness (QED) is 0.663. The van der Waals surface area contributed by atoms with Crippen molar-refractivity contribution in [1.29, 1.82) is 5.26 Å². The van der Waals surface area contributed by atoms with Crippen molar-refractivity contribution < 1.29 is 14.6 Å². The molecular formula is C18H27N3O3S. The van der Waals surface area contributed by atoms with E-state index in [0.717, 1.165) is 49.6 Å². The number of carboxylic acids is 1. The molecule has 6 nitrogen and oxygen atoms in total. The van der Waals surface area contributed by atoms with Crippen LogP contribution in [0.5, 0.6) is 0 Å². The van der Waals surface area contributed by atoms with Gasteiger partial charge in [-0.25, -0.2) is 4.79 Å². The Hall–Kier alpha value is -1.65. The Kier molecular flexibility index (Phi) is 7.66. The number of carbonyl (C=O) groups is 1. The van der Waals surface area contributed by atoms with Crippen LogP contribution in [0.3, 0.4) is 0 Å². The van der Waals surface area contributed by atoms with Gasteiger partial charge >= 0.3 is 5.97 Å². The maximum Gasteiger partial charge on any atom is 0.334 e. The Balaban J connectivity index is 2.30. The molecule has 0 bridgehead atoms. The molecule has 0 aromatic heterocycles. The van der Waals surface area contributed by atoms with Crippen LogP contribution in [-0.4, -0.2) is 64.9 Å². The molecule has 7 heteroatoms. The largest absolute Gasteiger partial charge is 0.478 e. The van der Waals surface area contributed by atoms with E-state index in [1.54, 1.807) is 11.8 Å². The average molecular weight is 365 g/mol. The number of hydrogen-bond acceptors (Lipinski definition) is 6. The van der Waals surface area contributed by atoms with Gasteiger partial charge in [0.25, 0.3) is 0 Å². The van der Waals surface area contributed by atoms with Crippen molar-refractivity contribution in [3.63, 3.8) is 0 Å². The van der Waals surface area contributed by atoms with Crippen molar-refractivity contribution in [2.24, 2.45) is 0 Å². The summed E-state index contributed by atoms with van der Waals surface area (Å²) in [4.78, 5) is 16.4. The maximum absolute atomic E-state index is 11.9. The van der Waals surface area contributed by atoms with Crippen LogP contribution in [0, 0.1) is 11.3 Å². The maximum atomic E-state index is 11.9. The zero-order chi connectivity index (χ0) is 18.2. The van der Waals surface area contributed by atoms with Crippen LogP contribution < -0.4 is 0 Å². The van der Waals surface area contributed by atoms with Gasteiger partial charge in [0, 0.05) is 26.1 Å². The van der Waals surface area contributed by atoms with Crippen molar-refractivity contribution in [2.45, 2.75) is 38.5 Å². The molecule has 2 aliphatic heterocycles. The highest BCUT2D eigenvalue weighted by Gasteiger charge is 2.35. The molecule has 138 valence electrons. The number of ether oxygens (including phenoxy) is 1. The van der Waals surface area contributed by atoms with Gasteiger partial charge in [0.15, 0.2) is 0 Å². The second-order valence-electron chi connectivity index (χ2n) is 6.12. The van der Waals surface area contributed by atoms with Gasteiger partial charge in [-0.1, -0.05) is 6.92 Å². The normalized spacial score (nSPS) is 21.2. The summed E-state index contributed by atoms with van der Waals surface area (Å²) in [7, 11) is 0. The Bertz CT molecular complexity index is 577. The number of nitriles is 1. The molecule has 0 saturated carbocycles. The number of nitrogens with zero attached hydrogens (tertiary/aromatic N) is 3. The highest BCUT2D eigenvalue weighted by molar-refractivity contribution is 8.00. The van der Waals surface area contributed by atoms with E-state index in [1.165, 1.54) is 0 Å². The number of aliphatic carboxylic acids is 1. The average Bonchev–Trinajstić information content (AvgIpc) is 2.60. The molecule has 0 aromatic carbocycles. The molecule has 0 spiro atoms. The number of morpholine rings is 1. The van der Waals surface area contributed by atoms with Crippen LogP contribution >= 0.6 is 11.8 Å². The van der Waals surface area contributed by atoms with Crippen LogP contribution in [0.15, 0.2) is 23.0 Å². The molecule has 1 atom stereocenters. The molecule has 0 amide bonds. The van der Waals surface area contributed by atoms with Gasteiger partial charge in [0.1, 0.15) is 11.2 Å². The van der Waals surface area contributed by atoms with Gasteiger partial charge < -0.3 is 19.6 Å². The highest BCUT2D eigenvalue weighted by Crippen LogP contribution is 2.35. The van der Waals surface area contributed by atoms with Crippen molar-refractivity contribution >= 4 is 17.7 Å². The second kappa shape index (κ2) is 9.73. The highest BCUT2D eigenvalue weighted by atomic mass is 32.2. The lowest BCUT2D eigenvalue weighted by Gasteiger charge is -2.44. The van der Waals surface area contributed by atoms with Crippen LogP contribution in [0.1, 0.15) is 33.1 Å². The SMILES string of the molecule is CCSC1C(C(=O)O)=C(C)C=C(N2CCOCC2)N1CCCCC#N. The Morgan fingerprint density at radius 3 is 2.76 bits per heavy atom. The lowest BCUT2D eigenvalue weighted by atomic mass is 10.0. The van der Waals surface area contributed by atoms with Crippen molar-refractivity contribution in [3.05, 3.63) is 23.0 Å². The standard InChI is InChI=1S/C18H27N3O3S/c1-3-25-17-16(18(22)23)14(2)13-15(20-9-11-24-12-10-20)21(17)8-6-4-5-7-19/h13,17H,3-6,8-12H2,1-2H3,(H,22,23). The first-order valence-electron chi connectivity index (χ1n) is 8.83. The van der Waals surface area contributed by atoms with Gasteiger partial charge in [-0.05, 0) is 37.2 Å². The zero-order valence-corrected chi connectivity index (χ0v) is 15.8. The molecule has 0 radical (unpaired) electrons. The first kappa shape index (κ1) is 19.7. The van der Waals surface area contributed by atoms with E-state index in [9.17, 15) is 9.90 Å². The number of allylic oxidation sites excluding steroid dienone is 2. The predicted molar refractivity (Wildman–Crippen MR) is 98.9 cm³/mol. The van der Waals surface area contributed by atoms with E-state index in [2.05, 4.69) is 22.8 Å². The minimum atomic E-state index is -0.845. The zero-order valence-electron chi connectivity index (χ0n) is 15.0. The van der Waals surface area contributed by atoms with Gasteiger partial charge in [-0.2, -0.15) is 5.26 Å². The summed E-state index contributed by atoms with van der Waals surface area (Å²) in [6.45, 7) is 7.73. The van der Waals surface area contributed by atoms with Crippen LogP contribution in [-0.2, 0) is 9.53 Å². The van der Waals surface area contributed by atoms with E-state index in [4.69, 9.17) is 10.00 Å². The molecule has 1 saturated heterocycles. The minimum Gasteiger partial charge on any atom is -0.478 e. The Morgan fingerprint density at radius 2 is 2.16 bits per heavy atom. The second-order valence-corrected chi connectivity index (χ2v) is 7.48. The first-order valence-corrected chi connectivity index (χ1v) is 9.88. The molecular weight excluding hydrogens is 338 g/mol. The Morgan fingerprint density at radius 1 is 1.44 bits per heavy atom. The molecule has 0 aromatic rings. The third-order valence-corrected chi connectivity index (χ3v) is 5.56. The molecule has 2 rings (SSSR count). The van der Waals surface area contributed by atoms with Crippen LogP contribution in [0.2, 0.25) is 0 Å². The van der Waals surface area contributed by atoms with Gasteiger partial charge in [0.2, 0.25) is 0 Å². The number of unbranched alkanes of at least 4 members (excludes halogenated alkanes) is 2. The molecule has 2 aliphatic rings. The van der Waals surface area contributed by atoms with E-state index < -0.39 is 5.97 Å². The fraction of sp³-hybridized carbons (Fsp3) is 0.667. The summed E-state index contributed by atoms with van der Waals surface area (Å²) in [5.74, 6) is 1.09. The summed E-state index contributed by atoms with van der Waals surface area (Å²) in [6, 6.07) is 2.18. The van der Waals surface area contributed by atoms with Gasteiger partial charge in [0.05, 0.1) is 24.9 Å². The van der Waals surface area contributed by atoms with E-state index in [-0.39, 0.29) is 5.37 Å². The third-order valence-electron chi connectivity index (χ3n) is 4.42. The molecule has 1 fully saturated rings. The van der Waals surface area contributed by atoms with Gasteiger partial charge in [-0.3, -0.25) is 0 Å². The Labute approximate surface area is 154 Å². The number of hydrogen-bond donors (Lipinski definition) is 1. The summed E-state index contributed by atoms with van der Waals surface area (Å²) in [6.07, 6.45) is 4.25. The summed E-state index contributed by atoms with van der Waals surface area (Å²) < 4.78 is 5.46. The number of carboxylic acid groups (broad SMARTS) is 1. The molecule has 2 heterocycles. The number of rotatable bonds is 8. The van der Waals surface area contributed by atoms with Gasteiger partial charge in [-0.15, -0.1) is 11.8 Å².